The van der Waals surface area contributed by atoms with E-state index in [-0.39, 0.29) is 24.3 Å². The predicted octanol–water partition coefficient (Wildman–Crippen LogP) is -0.493. The number of carbonyl (C=O) groups excluding carboxylic acids is 3. The number of nitrogens with two attached hydrogens (primary N) is 1. The molecule has 7 heteroatoms. The van der Waals surface area contributed by atoms with Crippen LogP contribution in [0.3, 0.4) is 0 Å². The van der Waals surface area contributed by atoms with E-state index in [1.165, 1.54) is 6.20 Å². The standard InChI is InChI=1S/C12H14N4O3/c1-6-4-8(13)7(5-14-6)11(18)15-9-2-3-10(17)16-12(9)19/h4-5,9H,2-3H2,1H3,(H2,13,14)(H,15,18)(H,16,17,19). The molecule has 1 atom stereocenters. The number of nitrogen functional groups attached to an aromatic ring is 1. The second-order valence-corrected chi connectivity index (χ2v) is 4.39. The van der Waals surface area contributed by atoms with Crippen molar-refractivity contribution >= 4 is 23.4 Å². The molecule has 1 saturated heterocycles. The summed E-state index contributed by atoms with van der Waals surface area (Å²) in [4.78, 5) is 38.5. The molecule has 1 aromatic rings. The molecular formula is C12H14N4O3. The summed E-state index contributed by atoms with van der Waals surface area (Å²) >= 11 is 0. The Balaban J connectivity index is 2.09. The molecule has 7 nitrogen and oxygen atoms in total. The van der Waals surface area contributed by atoms with Gasteiger partial charge in [-0.05, 0) is 19.4 Å². The van der Waals surface area contributed by atoms with E-state index >= 15 is 0 Å². The molecule has 0 saturated carbocycles. The van der Waals surface area contributed by atoms with Gasteiger partial charge < -0.3 is 11.1 Å². The minimum Gasteiger partial charge on any atom is -0.398 e. The van der Waals surface area contributed by atoms with Gasteiger partial charge in [-0.1, -0.05) is 0 Å². The smallest absolute Gasteiger partial charge is 0.255 e. The summed E-state index contributed by atoms with van der Waals surface area (Å²) < 4.78 is 0. The molecule has 1 aromatic heterocycles. The first-order chi connectivity index (χ1) is 8.97. The SMILES string of the molecule is Cc1cc(N)c(C(=O)NC2CCC(=O)NC2=O)cn1. The van der Waals surface area contributed by atoms with Crippen LogP contribution >= 0.6 is 0 Å². The average Bonchev–Trinajstić information content (AvgIpc) is 2.32. The molecule has 0 spiro atoms. The second kappa shape index (κ2) is 5.05. The highest BCUT2D eigenvalue weighted by Crippen LogP contribution is 2.12. The van der Waals surface area contributed by atoms with E-state index in [4.69, 9.17) is 5.73 Å². The molecule has 0 aromatic carbocycles. The van der Waals surface area contributed by atoms with E-state index in [2.05, 4.69) is 15.6 Å². The van der Waals surface area contributed by atoms with Crippen molar-refractivity contribution in [2.24, 2.45) is 0 Å². The van der Waals surface area contributed by atoms with E-state index in [9.17, 15) is 14.4 Å². The first kappa shape index (κ1) is 13.0. The van der Waals surface area contributed by atoms with Crippen LogP contribution < -0.4 is 16.4 Å². The van der Waals surface area contributed by atoms with Crippen LogP contribution in [0.4, 0.5) is 5.69 Å². The third kappa shape index (κ3) is 2.87. The van der Waals surface area contributed by atoms with E-state index in [0.717, 1.165) is 0 Å². The van der Waals surface area contributed by atoms with Crippen LogP contribution in [0.25, 0.3) is 0 Å². The minimum atomic E-state index is -0.717. The van der Waals surface area contributed by atoms with Crippen molar-refractivity contribution in [2.45, 2.75) is 25.8 Å². The van der Waals surface area contributed by atoms with Crippen molar-refractivity contribution in [3.63, 3.8) is 0 Å². The number of imide groups is 1. The van der Waals surface area contributed by atoms with Gasteiger partial charge in [0.05, 0.1) is 5.56 Å². The van der Waals surface area contributed by atoms with Crippen LogP contribution in [0.2, 0.25) is 0 Å². The number of nitrogens with one attached hydrogen (secondary N) is 2. The Labute approximate surface area is 109 Å². The Morgan fingerprint density at radius 1 is 1.53 bits per heavy atom. The molecule has 1 fully saturated rings. The van der Waals surface area contributed by atoms with Gasteiger partial charge in [0, 0.05) is 24.0 Å². The van der Waals surface area contributed by atoms with Gasteiger partial charge in [-0.3, -0.25) is 24.7 Å². The Kier molecular flexibility index (Phi) is 3.46. The van der Waals surface area contributed by atoms with Gasteiger partial charge in [0.15, 0.2) is 0 Å². The van der Waals surface area contributed by atoms with Gasteiger partial charge in [-0.25, -0.2) is 0 Å². The van der Waals surface area contributed by atoms with Gasteiger partial charge in [-0.2, -0.15) is 0 Å². The second-order valence-electron chi connectivity index (χ2n) is 4.39. The highest BCUT2D eigenvalue weighted by atomic mass is 16.2. The molecule has 19 heavy (non-hydrogen) atoms. The van der Waals surface area contributed by atoms with Crippen molar-refractivity contribution < 1.29 is 14.4 Å². The molecule has 2 rings (SSSR count). The van der Waals surface area contributed by atoms with Crippen LogP contribution in [-0.2, 0) is 9.59 Å². The number of hydrogen-bond acceptors (Lipinski definition) is 5. The minimum absolute atomic E-state index is 0.207. The predicted molar refractivity (Wildman–Crippen MR) is 67.0 cm³/mol. The number of carbonyl (C=O) groups is 3. The number of pyridine rings is 1. The molecule has 1 aliphatic rings. The zero-order chi connectivity index (χ0) is 14.0. The number of hydrogen-bond donors (Lipinski definition) is 3. The lowest BCUT2D eigenvalue weighted by molar-refractivity contribution is -0.134. The summed E-state index contributed by atoms with van der Waals surface area (Å²) in [5.41, 5.74) is 6.95. The number of aryl methyl sites for hydroxylation is 1. The summed E-state index contributed by atoms with van der Waals surface area (Å²) in [6, 6.07) is 0.866. The number of piperidine rings is 1. The molecular weight excluding hydrogens is 248 g/mol. The zero-order valence-electron chi connectivity index (χ0n) is 10.4. The third-order valence-corrected chi connectivity index (χ3v) is 2.86. The molecule has 0 aliphatic carbocycles. The number of anilines is 1. The van der Waals surface area contributed by atoms with E-state index < -0.39 is 17.9 Å². The van der Waals surface area contributed by atoms with Gasteiger partial charge in [0.25, 0.3) is 5.91 Å². The highest BCUT2D eigenvalue weighted by molar-refractivity contribution is 6.05. The summed E-state index contributed by atoms with van der Waals surface area (Å²) in [5, 5.41) is 4.71. The number of rotatable bonds is 2. The van der Waals surface area contributed by atoms with Gasteiger partial charge in [0.2, 0.25) is 11.8 Å². The van der Waals surface area contributed by atoms with Crippen molar-refractivity contribution in [3.05, 3.63) is 23.5 Å². The molecule has 1 aliphatic heterocycles. The lowest BCUT2D eigenvalue weighted by Crippen LogP contribution is -2.52. The lowest BCUT2D eigenvalue weighted by Gasteiger charge is -2.22. The number of nitrogens with zero attached hydrogens (tertiary/aromatic N) is 1. The van der Waals surface area contributed by atoms with Crippen LogP contribution in [0.15, 0.2) is 12.3 Å². The number of aromatic nitrogens is 1. The van der Waals surface area contributed by atoms with Crippen molar-refractivity contribution in [1.82, 2.24) is 15.6 Å². The first-order valence-corrected chi connectivity index (χ1v) is 5.84. The molecule has 100 valence electrons. The molecule has 4 N–H and O–H groups in total. The highest BCUT2D eigenvalue weighted by Gasteiger charge is 2.28. The fourth-order valence-electron chi connectivity index (χ4n) is 1.84. The van der Waals surface area contributed by atoms with Crippen LogP contribution in [0, 0.1) is 6.92 Å². The fourth-order valence-corrected chi connectivity index (χ4v) is 1.84. The fraction of sp³-hybridized carbons (Fsp3) is 0.333. The van der Waals surface area contributed by atoms with Crippen molar-refractivity contribution in [3.8, 4) is 0 Å². The van der Waals surface area contributed by atoms with Crippen molar-refractivity contribution in [1.29, 1.82) is 0 Å². The van der Waals surface area contributed by atoms with Crippen LogP contribution in [0.5, 0.6) is 0 Å². The monoisotopic (exact) mass is 262 g/mol. The molecule has 3 amide bonds. The van der Waals surface area contributed by atoms with E-state index in [1.54, 1.807) is 13.0 Å². The van der Waals surface area contributed by atoms with E-state index in [1.807, 2.05) is 0 Å². The Morgan fingerprint density at radius 2 is 2.26 bits per heavy atom. The topological polar surface area (TPSA) is 114 Å². The summed E-state index contributed by atoms with van der Waals surface area (Å²) in [7, 11) is 0. The Bertz CT molecular complexity index is 556. The van der Waals surface area contributed by atoms with Gasteiger partial charge >= 0.3 is 0 Å². The van der Waals surface area contributed by atoms with Crippen LogP contribution in [-0.4, -0.2) is 28.7 Å². The average molecular weight is 262 g/mol. The molecule has 0 bridgehead atoms. The summed E-state index contributed by atoms with van der Waals surface area (Å²) in [6.45, 7) is 1.76. The van der Waals surface area contributed by atoms with E-state index in [0.29, 0.717) is 11.4 Å². The lowest BCUT2D eigenvalue weighted by atomic mass is 10.1. The maximum atomic E-state index is 12.0. The van der Waals surface area contributed by atoms with Crippen molar-refractivity contribution in [2.75, 3.05) is 5.73 Å². The summed E-state index contributed by atoms with van der Waals surface area (Å²) in [5.74, 6) is -1.30. The van der Waals surface area contributed by atoms with Gasteiger partial charge in [-0.15, -0.1) is 0 Å². The third-order valence-electron chi connectivity index (χ3n) is 2.86. The first-order valence-electron chi connectivity index (χ1n) is 5.84. The van der Waals surface area contributed by atoms with Gasteiger partial charge in [0.1, 0.15) is 6.04 Å². The summed E-state index contributed by atoms with van der Waals surface area (Å²) in [6.07, 6.45) is 1.86. The quantitative estimate of drug-likeness (QED) is 0.622. The Morgan fingerprint density at radius 3 is 2.89 bits per heavy atom. The normalized spacial score (nSPS) is 18.9. The number of amides is 3. The molecule has 2 heterocycles. The Hall–Kier alpha value is -2.44. The molecule has 0 radical (unpaired) electrons. The maximum Gasteiger partial charge on any atom is 0.255 e. The largest absolute Gasteiger partial charge is 0.398 e. The zero-order valence-corrected chi connectivity index (χ0v) is 10.4. The maximum absolute atomic E-state index is 12.0. The van der Waals surface area contributed by atoms with Crippen LogP contribution in [0.1, 0.15) is 28.9 Å². The molecule has 1 unspecified atom stereocenters.